The SMILES string of the molecule is O=C(CC1CCCCN1)c1ccsc1. The normalized spacial score (nSPS) is 22.1. The van der Waals surface area contributed by atoms with Gasteiger partial charge in [0.05, 0.1) is 0 Å². The molecule has 0 amide bonds. The van der Waals surface area contributed by atoms with Gasteiger partial charge in [-0.2, -0.15) is 11.3 Å². The number of hydrogen-bond donors (Lipinski definition) is 1. The van der Waals surface area contributed by atoms with Gasteiger partial charge >= 0.3 is 0 Å². The van der Waals surface area contributed by atoms with E-state index in [2.05, 4.69) is 5.32 Å². The molecule has 1 aliphatic heterocycles. The van der Waals surface area contributed by atoms with Gasteiger partial charge in [-0.05, 0) is 30.8 Å². The summed E-state index contributed by atoms with van der Waals surface area (Å²) in [6.07, 6.45) is 4.32. The van der Waals surface area contributed by atoms with Crippen LogP contribution in [0.5, 0.6) is 0 Å². The molecule has 2 rings (SSSR count). The van der Waals surface area contributed by atoms with Crippen molar-refractivity contribution < 1.29 is 4.79 Å². The number of carbonyl (C=O) groups is 1. The molecule has 1 atom stereocenters. The minimum Gasteiger partial charge on any atom is -0.314 e. The van der Waals surface area contributed by atoms with Crippen LogP contribution in [0.3, 0.4) is 0 Å². The molecule has 2 nitrogen and oxygen atoms in total. The summed E-state index contributed by atoms with van der Waals surface area (Å²) in [7, 11) is 0. The average molecular weight is 209 g/mol. The molecule has 0 spiro atoms. The summed E-state index contributed by atoms with van der Waals surface area (Å²) in [6, 6.07) is 2.33. The van der Waals surface area contributed by atoms with Gasteiger partial charge in [-0.1, -0.05) is 6.42 Å². The van der Waals surface area contributed by atoms with Crippen LogP contribution in [0.25, 0.3) is 0 Å². The van der Waals surface area contributed by atoms with Crippen LogP contribution in [0.15, 0.2) is 16.8 Å². The average Bonchev–Trinajstić information content (AvgIpc) is 2.72. The second-order valence-electron chi connectivity index (χ2n) is 3.79. The van der Waals surface area contributed by atoms with E-state index in [0.29, 0.717) is 12.5 Å². The lowest BCUT2D eigenvalue weighted by atomic mass is 9.98. The fraction of sp³-hybridized carbons (Fsp3) is 0.545. The first kappa shape index (κ1) is 9.87. The maximum absolute atomic E-state index is 11.7. The third-order valence-corrected chi connectivity index (χ3v) is 3.37. The van der Waals surface area contributed by atoms with E-state index < -0.39 is 0 Å². The minimum atomic E-state index is 0.283. The molecule has 3 heteroatoms. The first-order chi connectivity index (χ1) is 6.86. The molecule has 1 aromatic rings. The Morgan fingerprint density at radius 2 is 2.50 bits per heavy atom. The number of rotatable bonds is 3. The summed E-state index contributed by atoms with van der Waals surface area (Å²) in [4.78, 5) is 11.7. The second kappa shape index (κ2) is 4.71. The van der Waals surface area contributed by atoms with Gasteiger partial charge in [0.15, 0.2) is 5.78 Å². The van der Waals surface area contributed by atoms with Crippen molar-refractivity contribution in [3.05, 3.63) is 22.4 Å². The number of thiophene rings is 1. The molecule has 0 aromatic carbocycles. The van der Waals surface area contributed by atoms with Gasteiger partial charge < -0.3 is 5.32 Å². The third kappa shape index (κ3) is 2.42. The van der Waals surface area contributed by atoms with Gasteiger partial charge in [0.2, 0.25) is 0 Å². The van der Waals surface area contributed by atoms with E-state index in [1.165, 1.54) is 12.8 Å². The Morgan fingerprint density at radius 3 is 3.14 bits per heavy atom. The predicted molar refractivity (Wildman–Crippen MR) is 58.9 cm³/mol. The number of Topliss-reactive ketones (excluding diaryl/α,β-unsaturated/α-hetero) is 1. The van der Waals surface area contributed by atoms with E-state index in [1.54, 1.807) is 11.3 Å². The summed E-state index contributed by atoms with van der Waals surface area (Å²) >= 11 is 1.59. The van der Waals surface area contributed by atoms with Crippen molar-refractivity contribution in [2.24, 2.45) is 0 Å². The Balaban J connectivity index is 1.87. The zero-order valence-electron chi connectivity index (χ0n) is 8.16. The number of piperidine rings is 1. The van der Waals surface area contributed by atoms with Gasteiger partial charge in [-0.15, -0.1) is 0 Å². The van der Waals surface area contributed by atoms with E-state index in [1.807, 2.05) is 16.8 Å². The lowest BCUT2D eigenvalue weighted by molar-refractivity contribution is 0.0964. The van der Waals surface area contributed by atoms with Crippen LogP contribution < -0.4 is 5.32 Å². The van der Waals surface area contributed by atoms with Crippen molar-refractivity contribution in [2.45, 2.75) is 31.7 Å². The second-order valence-corrected chi connectivity index (χ2v) is 4.57. The lowest BCUT2D eigenvalue weighted by Gasteiger charge is -2.22. The topological polar surface area (TPSA) is 29.1 Å². The van der Waals surface area contributed by atoms with Crippen molar-refractivity contribution in [3.63, 3.8) is 0 Å². The quantitative estimate of drug-likeness (QED) is 0.775. The number of nitrogens with one attached hydrogen (secondary N) is 1. The maximum Gasteiger partial charge on any atom is 0.165 e. The molecule has 1 aliphatic rings. The molecule has 1 aromatic heterocycles. The third-order valence-electron chi connectivity index (χ3n) is 2.69. The van der Waals surface area contributed by atoms with Crippen LogP contribution in [-0.4, -0.2) is 18.4 Å². The molecule has 2 heterocycles. The highest BCUT2D eigenvalue weighted by Crippen LogP contribution is 2.15. The highest BCUT2D eigenvalue weighted by atomic mass is 32.1. The summed E-state index contributed by atoms with van der Waals surface area (Å²) in [5, 5.41) is 7.29. The Labute approximate surface area is 88.3 Å². The van der Waals surface area contributed by atoms with Crippen LogP contribution in [0.2, 0.25) is 0 Å². The summed E-state index contributed by atoms with van der Waals surface area (Å²) in [6.45, 7) is 1.07. The molecule has 0 bridgehead atoms. The Kier molecular flexibility index (Phi) is 3.32. The lowest BCUT2D eigenvalue weighted by Crippen LogP contribution is -2.35. The first-order valence-corrected chi connectivity index (χ1v) is 6.09. The van der Waals surface area contributed by atoms with Gasteiger partial charge in [-0.3, -0.25) is 4.79 Å². The molecular formula is C11H15NOS. The van der Waals surface area contributed by atoms with Crippen molar-refractivity contribution in [2.75, 3.05) is 6.54 Å². The van der Waals surface area contributed by atoms with Crippen molar-refractivity contribution in [3.8, 4) is 0 Å². The van der Waals surface area contributed by atoms with Crippen LogP contribution in [0, 0.1) is 0 Å². The summed E-state index contributed by atoms with van der Waals surface area (Å²) in [5.74, 6) is 0.283. The van der Waals surface area contributed by atoms with E-state index in [-0.39, 0.29) is 5.78 Å². The Bertz CT molecular complexity index is 288. The molecule has 1 unspecified atom stereocenters. The Hall–Kier alpha value is -0.670. The summed E-state index contributed by atoms with van der Waals surface area (Å²) in [5.41, 5.74) is 0.877. The Morgan fingerprint density at radius 1 is 1.57 bits per heavy atom. The van der Waals surface area contributed by atoms with Crippen LogP contribution in [0.1, 0.15) is 36.0 Å². The minimum absolute atomic E-state index is 0.283. The largest absolute Gasteiger partial charge is 0.314 e. The van der Waals surface area contributed by atoms with Gasteiger partial charge in [0.1, 0.15) is 0 Å². The van der Waals surface area contributed by atoms with E-state index in [9.17, 15) is 4.79 Å². The summed E-state index contributed by atoms with van der Waals surface area (Å²) < 4.78 is 0. The van der Waals surface area contributed by atoms with Crippen molar-refractivity contribution in [1.29, 1.82) is 0 Å². The zero-order valence-corrected chi connectivity index (χ0v) is 8.98. The van der Waals surface area contributed by atoms with Gasteiger partial charge in [-0.25, -0.2) is 0 Å². The first-order valence-electron chi connectivity index (χ1n) is 5.15. The number of hydrogen-bond acceptors (Lipinski definition) is 3. The number of carbonyl (C=O) groups excluding carboxylic acids is 1. The molecule has 1 saturated heterocycles. The molecule has 0 saturated carbocycles. The molecule has 0 radical (unpaired) electrons. The standard InChI is InChI=1S/C11H15NOS/c13-11(9-4-6-14-8-9)7-10-3-1-2-5-12-10/h4,6,8,10,12H,1-3,5,7H2. The molecule has 14 heavy (non-hydrogen) atoms. The molecule has 1 N–H and O–H groups in total. The van der Waals surface area contributed by atoms with Crippen LogP contribution >= 0.6 is 11.3 Å². The van der Waals surface area contributed by atoms with Crippen LogP contribution in [0.4, 0.5) is 0 Å². The van der Waals surface area contributed by atoms with Crippen molar-refractivity contribution in [1.82, 2.24) is 5.32 Å². The molecule has 1 fully saturated rings. The van der Waals surface area contributed by atoms with Crippen molar-refractivity contribution >= 4 is 17.1 Å². The zero-order chi connectivity index (χ0) is 9.80. The highest BCUT2D eigenvalue weighted by Gasteiger charge is 2.17. The fourth-order valence-electron chi connectivity index (χ4n) is 1.86. The molecule has 0 aliphatic carbocycles. The monoisotopic (exact) mass is 209 g/mol. The predicted octanol–water partition coefficient (Wildman–Crippen LogP) is 2.46. The maximum atomic E-state index is 11.7. The molecular weight excluding hydrogens is 194 g/mol. The van der Waals surface area contributed by atoms with E-state index >= 15 is 0 Å². The highest BCUT2D eigenvalue weighted by molar-refractivity contribution is 7.08. The molecule has 76 valence electrons. The van der Waals surface area contributed by atoms with Gasteiger partial charge in [0, 0.05) is 23.4 Å². The van der Waals surface area contributed by atoms with E-state index in [4.69, 9.17) is 0 Å². The van der Waals surface area contributed by atoms with Crippen LogP contribution in [-0.2, 0) is 0 Å². The van der Waals surface area contributed by atoms with Gasteiger partial charge in [0.25, 0.3) is 0 Å². The number of ketones is 1. The van der Waals surface area contributed by atoms with E-state index in [0.717, 1.165) is 18.5 Å². The fourth-order valence-corrected chi connectivity index (χ4v) is 2.52. The smallest absolute Gasteiger partial charge is 0.165 e.